The molecule has 0 aromatic heterocycles. The number of rotatable bonds is 2. The number of carbonyl (C=O) groups excluding carboxylic acids is 1. The van der Waals surface area contributed by atoms with E-state index in [1.165, 1.54) is 4.90 Å². The van der Waals surface area contributed by atoms with Gasteiger partial charge >= 0.3 is 0 Å². The van der Waals surface area contributed by atoms with Gasteiger partial charge in [-0.15, -0.1) is 0 Å². The van der Waals surface area contributed by atoms with Gasteiger partial charge in [0.2, 0.25) is 0 Å². The van der Waals surface area contributed by atoms with Crippen molar-refractivity contribution in [2.24, 2.45) is 0 Å². The number of benzene rings is 1. The minimum atomic E-state index is -0.184. The fourth-order valence-electron chi connectivity index (χ4n) is 4.71. The van der Waals surface area contributed by atoms with Gasteiger partial charge in [0.15, 0.2) is 10.3 Å². The summed E-state index contributed by atoms with van der Waals surface area (Å²) in [5.74, 6) is 0.548. The molecule has 1 aromatic carbocycles. The van der Waals surface area contributed by atoms with Crippen molar-refractivity contribution in [3.63, 3.8) is 0 Å². The van der Waals surface area contributed by atoms with E-state index in [-0.39, 0.29) is 28.2 Å². The number of methoxy groups -OCH3 is 1. The molecule has 7 nitrogen and oxygen atoms in total. The van der Waals surface area contributed by atoms with E-state index < -0.39 is 0 Å². The molecule has 0 aliphatic carbocycles. The van der Waals surface area contributed by atoms with E-state index >= 15 is 0 Å². The summed E-state index contributed by atoms with van der Waals surface area (Å²) in [6.45, 7) is 9.19. The maximum Gasteiger partial charge on any atom is 0.260 e. The summed E-state index contributed by atoms with van der Waals surface area (Å²) in [6, 6.07) is 5.62. The highest BCUT2D eigenvalue weighted by Gasteiger charge is 2.40. The Labute approximate surface area is 183 Å². The summed E-state index contributed by atoms with van der Waals surface area (Å²) >= 11 is 1.05. The van der Waals surface area contributed by atoms with Gasteiger partial charge in [-0.25, -0.2) is 0 Å². The molecule has 2 heterocycles. The van der Waals surface area contributed by atoms with Gasteiger partial charge < -0.3 is 15.0 Å². The summed E-state index contributed by atoms with van der Waals surface area (Å²) < 4.78 is 5.25. The molecule has 3 N–H and O–H groups in total. The van der Waals surface area contributed by atoms with Crippen LogP contribution in [0.3, 0.4) is 0 Å². The van der Waals surface area contributed by atoms with Crippen molar-refractivity contribution < 1.29 is 9.53 Å². The second-order valence-corrected chi connectivity index (χ2v) is 10.5. The van der Waals surface area contributed by atoms with Crippen molar-refractivity contribution in [2.45, 2.75) is 64.1 Å². The molecule has 8 heteroatoms. The summed E-state index contributed by atoms with van der Waals surface area (Å²) in [5, 5.41) is 21.1. The molecular weight excluding hydrogens is 398 g/mol. The lowest BCUT2D eigenvalue weighted by Crippen LogP contribution is -2.62. The lowest BCUT2D eigenvalue weighted by molar-refractivity contribution is 0.0837. The molecule has 0 atom stereocenters. The van der Waals surface area contributed by atoms with Crippen LogP contribution in [0.2, 0.25) is 0 Å². The van der Waals surface area contributed by atoms with Gasteiger partial charge in [0.05, 0.1) is 7.11 Å². The third-order valence-corrected chi connectivity index (χ3v) is 6.76. The first-order valence-corrected chi connectivity index (χ1v) is 11.1. The maximum atomic E-state index is 12.9. The molecule has 0 bridgehead atoms. The number of hydrogen-bond donors (Lipinski definition) is 3. The minimum absolute atomic E-state index is 0.0211. The predicted molar refractivity (Wildman–Crippen MR) is 123 cm³/mol. The Morgan fingerprint density at radius 2 is 1.87 bits per heavy atom. The second kappa shape index (κ2) is 8.23. The fraction of sp³-hybridized carbons (Fsp3) is 0.591. The highest BCUT2D eigenvalue weighted by atomic mass is 32.2. The van der Waals surface area contributed by atoms with Crippen LogP contribution in [0.5, 0.6) is 5.75 Å². The minimum Gasteiger partial charge on any atom is -0.497 e. The van der Waals surface area contributed by atoms with Crippen LogP contribution in [-0.2, 0) is 6.42 Å². The van der Waals surface area contributed by atoms with Crippen LogP contribution in [0, 0.1) is 10.8 Å². The number of piperidine rings is 1. The Morgan fingerprint density at radius 1 is 1.23 bits per heavy atom. The van der Waals surface area contributed by atoms with E-state index in [4.69, 9.17) is 15.6 Å². The highest BCUT2D eigenvalue weighted by molar-refractivity contribution is 8.26. The van der Waals surface area contributed by atoms with Gasteiger partial charge in [-0.3, -0.25) is 20.5 Å². The molecule has 30 heavy (non-hydrogen) atoms. The number of fused-ring (bicyclic) bond motifs is 1. The Hall–Kier alpha value is -2.06. The standard InChI is InChI=1S/C22H33N5O2S/c1-21(2)12-15(13-22(3,4)25-21)26(5)19(23)30-20(24)27-10-9-14-11-16(29-6)7-8-17(14)18(27)28/h7-8,11,15,23-25H,9-10,12-13H2,1-6H3. The van der Waals surface area contributed by atoms with Crippen molar-refractivity contribution in [1.82, 2.24) is 15.1 Å². The zero-order valence-electron chi connectivity index (χ0n) is 18.8. The number of nitrogens with one attached hydrogen (secondary N) is 3. The SMILES string of the molecule is COc1ccc2c(c1)CCN(C(=N)SC(=N)N(C)C1CC(C)(C)NC(C)(C)C1)C2=O. The van der Waals surface area contributed by atoms with Gasteiger partial charge in [0.1, 0.15) is 5.75 Å². The summed E-state index contributed by atoms with van der Waals surface area (Å²) in [5.41, 5.74) is 1.51. The highest BCUT2D eigenvalue weighted by Crippen LogP contribution is 2.32. The smallest absolute Gasteiger partial charge is 0.260 e. The third-order valence-electron chi connectivity index (χ3n) is 5.87. The molecule has 1 fully saturated rings. The zero-order chi connectivity index (χ0) is 22.3. The van der Waals surface area contributed by atoms with Crippen LogP contribution in [0.4, 0.5) is 0 Å². The molecule has 0 saturated carbocycles. The van der Waals surface area contributed by atoms with Crippen molar-refractivity contribution in [3.8, 4) is 5.75 Å². The largest absolute Gasteiger partial charge is 0.497 e. The molecular formula is C22H33N5O2S. The number of thioether (sulfide) groups is 1. The number of amidine groups is 2. The number of amides is 1. The third kappa shape index (κ3) is 4.81. The maximum absolute atomic E-state index is 12.9. The van der Waals surface area contributed by atoms with Crippen molar-refractivity contribution in [1.29, 1.82) is 10.8 Å². The van der Waals surface area contributed by atoms with E-state index in [1.54, 1.807) is 19.2 Å². The van der Waals surface area contributed by atoms with Crippen molar-refractivity contribution in [2.75, 3.05) is 20.7 Å². The number of nitrogens with zero attached hydrogens (tertiary/aromatic N) is 2. The van der Waals surface area contributed by atoms with Crippen LogP contribution < -0.4 is 10.1 Å². The van der Waals surface area contributed by atoms with E-state index in [0.29, 0.717) is 23.7 Å². The van der Waals surface area contributed by atoms with Gasteiger partial charge in [-0.05, 0) is 82.5 Å². The molecule has 0 unspecified atom stereocenters. The van der Waals surface area contributed by atoms with Crippen molar-refractivity contribution >= 4 is 28.0 Å². The molecule has 1 aromatic rings. The summed E-state index contributed by atoms with van der Waals surface area (Å²) in [6.07, 6.45) is 2.50. The molecule has 164 valence electrons. The molecule has 0 radical (unpaired) electrons. The molecule has 2 aliphatic heterocycles. The Bertz CT molecular complexity index is 851. The Morgan fingerprint density at radius 3 is 2.47 bits per heavy atom. The van der Waals surface area contributed by atoms with Crippen LogP contribution in [0.25, 0.3) is 0 Å². The summed E-state index contributed by atoms with van der Waals surface area (Å²) in [7, 11) is 3.53. The Balaban J connectivity index is 1.66. The number of carbonyl (C=O) groups is 1. The van der Waals surface area contributed by atoms with Gasteiger partial charge in [0, 0.05) is 36.3 Å². The van der Waals surface area contributed by atoms with E-state index in [9.17, 15) is 4.79 Å². The second-order valence-electron chi connectivity index (χ2n) is 9.51. The predicted octanol–water partition coefficient (Wildman–Crippen LogP) is 3.54. The molecule has 0 spiro atoms. The average Bonchev–Trinajstić information content (AvgIpc) is 2.64. The molecule has 3 rings (SSSR count). The van der Waals surface area contributed by atoms with Crippen LogP contribution in [-0.4, -0.2) is 63.9 Å². The van der Waals surface area contributed by atoms with Crippen LogP contribution >= 0.6 is 11.8 Å². The quantitative estimate of drug-likeness (QED) is 0.492. The average molecular weight is 432 g/mol. The molecule has 2 aliphatic rings. The Kier molecular flexibility index (Phi) is 6.20. The first-order chi connectivity index (χ1) is 13.9. The normalized spacial score (nSPS) is 20.5. The first-order valence-electron chi connectivity index (χ1n) is 10.3. The van der Waals surface area contributed by atoms with Gasteiger partial charge in [-0.2, -0.15) is 0 Å². The van der Waals surface area contributed by atoms with Gasteiger partial charge in [-0.1, -0.05) is 0 Å². The monoisotopic (exact) mass is 431 g/mol. The lowest BCUT2D eigenvalue weighted by atomic mass is 9.79. The van der Waals surface area contributed by atoms with E-state index in [0.717, 1.165) is 35.9 Å². The number of hydrogen-bond acceptors (Lipinski definition) is 6. The lowest BCUT2D eigenvalue weighted by Gasteiger charge is -2.49. The zero-order valence-corrected chi connectivity index (χ0v) is 19.6. The van der Waals surface area contributed by atoms with E-state index in [2.05, 4.69) is 33.0 Å². The topological polar surface area (TPSA) is 92.5 Å². The number of ether oxygens (including phenoxy) is 1. The van der Waals surface area contributed by atoms with Gasteiger partial charge in [0.25, 0.3) is 5.91 Å². The van der Waals surface area contributed by atoms with E-state index in [1.807, 2.05) is 18.0 Å². The van der Waals surface area contributed by atoms with Crippen LogP contribution in [0.15, 0.2) is 18.2 Å². The molecule has 1 amide bonds. The van der Waals surface area contributed by atoms with Crippen molar-refractivity contribution in [3.05, 3.63) is 29.3 Å². The van der Waals surface area contributed by atoms with Crippen LogP contribution in [0.1, 0.15) is 56.5 Å². The fourth-order valence-corrected chi connectivity index (χ4v) is 5.47. The first kappa shape index (κ1) is 22.6. The summed E-state index contributed by atoms with van der Waals surface area (Å²) in [4.78, 5) is 16.3. The molecule has 1 saturated heterocycles.